The van der Waals surface area contributed by atoms with Crippen molar-refractivity contribution >= 4 is 11.7 Å². The Balaban J connectivity index is 2.49. The Morgan fingerprint density at radius 3 is 2.57 bits per heavy atom. The first-order valence-electron chi connectivity index (χ1n) is 6.73. The fourth-order valence-electron chi connectivity index (χ4n) is 1.81. The molecule has 0 atom stereocenters. The van der Waals surface area contributed by atoms with Gasteiger partial charge in [0.05, 0.1) is 0 Å². The molecular formula is C14H20N6O. The summed E-state index contributed by atoms with van der Waals surface area (Å²) >= 11 is 0. The molecule has 0 unspecified atom stereocenters. The second-order valence-corrected chi connectivity index (χ2v) is 5.42. The predicted molar refractivity (Wildman–Crippen MR) is 80.4 cm³/mol. The van der Waals surface area contributed by atoms with E-state index in [-0.39, 0.29) is 11.8 Å². The number of nitrogens with two attached hydrogens (primary N) is 1. The standard InChI is InChI=1S/C14H20N6O/c1-8(2)12-16-11(15)9(3)13(17-12)20-7-6-10(18-20)14(21)19(4)5/h6-8H,1-5H3,(H2,15,16,17). The third-order valence-electron chi connectivity index (χ3n) is 3.12. The van der Waals surface area contributed by atoms with Crippen LogP contribution in [0, 0.1) is 6.92 Å². The number of carbonyl (C=O) groups excluding carboxylic acids is 1. The summed E-state index contributed by atoms with van der Waals surface area (Å²) in [4.78, 5) is 22.2. The normalized spacial score (nSPS) is 11.0. The van der Waals surface area contributed by atoms with Crippen molar-refractivity contribution < 1.29 is 4.79 Å². The van der Waals surface area contributed by atoms with Crippen molar-refractivity contribution in [3.05, 3.63) is 29.3 Å². The number of anilines is 1. The lowest BCUT2D eigenvalue weighted by Crippen LogP contribution is -2.22. The molecule has 7 nitrogen and oxygen atoms in total. The summed E-state index contributed by atoms with van der Waals surface area (Å²) in [5, 5.41) is 4.28. The van der Waals surface area contributed by atoms with Crippen LogP contribution in [0.15, 0.2) is 12.3 Å². The molecule has 2 aromatic heterocycles. The Morgan fingerprint density at radius 2 is 2.00 bits per heavy atom. The van der Waals surface area contributed by atoms with Crippen LogP contribution in [-0.4, -0.2) is 44.7 Å². The average Bonchev–Trinajstić information content (AvgIpc) is 2.89. The molecule has 7 heteroatoms. The molecule has 2 N–H and O–H groups in total. The number of rotatable bonds is 3. The lowest BCUT2D eigenvalue weighted by atomic mass is 10.2. The second kappa shape index (κ2) is 5.51. The lowest BCUT2D eigenvalue weighted by Gasteiger charge is -2.12. The highest BCUT2D eigenvalue weighted by atomic mass is 16.2. The number of hydrogen-bond donors (Lipinski definition) is 1. The zero-order chi connectivity index (χ0) is 15.7. The maximum atomic E-state index is 11.9. The van der Waals surface area contributed by atoms with Gasteiger partial charge >= 0.3 is 0 Å². The molecule has 0 spiro atoms. The van der Waals surface area contributed by atoms with E-state index in [2.05, 4.69) is 15.1 Å². The fraction of sp³-hybridized carbons (Fsp3) is 0.429. The minimum absolute atomic E-state index is 0.155. The van der Waals surface area contributed by atoms with Gasteiger partial charge in [-0.2, -0.15) is 5.10 Å². The highest BCUT2D eigenvalue weighted by molar-refractivity contribution is 5.91. The molecular weight excluding hydrogens is 268 g/mol. The first kappa shape index (κ1) is 15.0. The van der Waals surface area contributed by atoms with Gasteiger partial charge in [-0.3, -0.25) is 4.79 Å². The summed E-state index contributed by atoms with van der Waals surface area (Å²) in [5.41, 5.74) is 7.05. The largest absolute Gasteiger partial charge is 0.383 e. The number of nitrogens with zero attached hydrogens (tertiary/aromatic N) is 5. The monoisotopic (exact) mass is 288 g/mol. The number of amides is 1. The maximum absolute atomic E-state index is 11.9. The zero-order valence-electron chi connectivity index (χ0n) is 13.0. The van der Waals surface area contributed by atoms with Gasteiger partial charge in [0, 0.05) is 31.8 Å². The molecule has 0 aliphatic heterocycles. The summed E-state index contributed by atoms with van der Waals surface area (Å²) in [6.07, 6.45) is 1.70. The second-order valence-electron chi connectivity index (χ2n) is 5.42. The first-order chi connectivity index (χ1) is 9.81. The van der Waals surface area contributed by atoms with Crippen molar-refractivity contribution in [1.29, 1.82) is 0 Å². The molecule has 0 saturated carbocycles. The van der Waals surface area contributed by atoms with E-state index >= 15 is 0 Å². The smallest absolute Gasteiger partial charge is 0.273 e. The van der Waals surface area contributed by atoms with Crippen LogP contribution >= 0.6 is 0 Å². The molecule has 2 rings (SSSR count). The van der Waals surface area contributed by atoms with Crippen LogP contribution in [0.3, 0.4) is 0 Å². The molecule has 0 aliphatic carbocycles. The summed E-state index contributed by atoms with van der Waals surface area (Å²) in [6.45, 7) is 5.83. The molecule has 0 radical (unpaired) electrons. The van der Waals surface area contributed by atoms with Crippen LogP contribution in [-0.2, 0) is 0 Å². The van der Waals surface area contributed by atoms with Crippen molar-refractivity contribution in [1.82, 2.24) is 24.6 Å². The quantitative estimate of drug-likeness (QED) is 0.921. The van der Waals surface area contributed by atoms with Crippen molar-refractivity contribution in [3.8, 4) is 5.82 Å². The van der Waals surface area contributed by atoms with Gasteiger partial charge in [0.2, 0.25) is 0 Å². The van der Waals surface area contributed by atoms with E-state index in [0.717, 1.165) is 5.56 Å². The van der Waals surface area contributed by atoms with E-state index in [0.29, 0.717) is 23.2 Å². The Hall–Kier alpha value is -2.44. The number of aromatic nitrogens is 4. The minimum Gasteiger partial charge on any atom is -0.383 e. The van der Waals surface area contributed by atoms with Crippen LogP contribution in [0.2, 0.25) is 0 Å². The summed E-state index contributed by atoms with van der Waals surface area (Å²) in [5.74, 6) is 1.69. The summed E-state index contributed by atoms with van der Waals surface area (Å²) < 4.78 is 1.57. The van der Waals surface area contributed by atoms with Crippen LogP contribution < -0.4 is 5.73 Å². The molecule has 0 saturated heterocycles. The van der Waals surface area contributed by atoms with Gasteiger partial charge in [0.1, 0.15) is 11.6 Å². The molecule has 1 amide bonds. The number of carbonyl (C=O) groups is 1. The lowest BCUT2D eigenvalue weighted by molar-refractivity contribution is 0.0821. The first-order valence-corrected chi connectivity index (χ1v) is 6.73. The summed E-state index contributed by atoms with van der Waals surface area (Å²) in [7, 11) is 3.37. The van der Waals surface area contributed by atoms with Crippen LogP contribution in [0.5, 0.6) is 0 Å². The molecule has 0 bridgehead atoms. The van der Waals surface area contributed by atoms with Gasteiger partial charge < -0.3 is 10.6 Å². The molecule has 112 valence electrons. The van der Waals surface area contributed by atoms with Crippen molar-refractivity contribution in [2.75, 3.05) is 19.8 Å². The Morgan fingerprint density at radius 1 is 1.33 bits per heavy atom. The third kappa shape index (κ3) is 2.86. The topological polar surface area (TPSA) is 89.9 Å². The zero-order valence-corrected chi connectivity index (χ0v) is 13.0. The van der Waals surface area contributed by atoms with Crippen LogP contribution in [0.1, 0.15) is 41.6 Å². The summed E-state index contributed by atoms with van der Waals surface area (Å²) in [6, 6.07) is 1.66. The van der Waals surface area contributed by atoms with Gasteiger partial charge in [-0.1, -0.05) is 13.8 Å². The number of nitrogen functional groups attached to an aromatic ring is 1. The van der Waals surface area contributed by atoms with Gasteiger partial charge in [-0.15, -0.1) is 0 Å². The average molecular weight is 288 g/mol. The van der Waals surface area contributed by atoms with E-state index in [1.165, 1.54) is 4.90 Å². The van der Waals surface area contributed by atoms with Gasteiger partial charge in [0.15, 0.2) is 11.5 Å². The van der Waals surface area contributed by atoms with Crippen molar-refractivity contribution in [2.24, 2.45) is 0 Å². The van der Waals surface area contributed by atoms with Crippen molar-refractivity contribution in [3.63, 3.8) is 0 Å². The Kier molecular flexibility index (Phi) is 3.93. The third-order valence-corrected chi connectivity index (χ3v) is 3.12. The van der Waals surface area contributed by atoms with E-state index in [1.807, 2.05) is 20.8 Å². The van der Waals surface area contributed by atoms with Crippen LogP contribution in [0.25, 0.3) is 5.82 Å². The van der Waals surface area contributed by atoms with E-state index in [4.69, 9.17) is 5.73 Å². The Labute approximate surface area is 123 Å². The molecule has 2 aromatic rings. The van der Waals surface area contributed by atoms with Gasteiger partial charge in [-0.05, 0) is 13.0 Å². The number of hydrogen-bond acceptors (Lipinski definition) is 5. The SMILES string of the molecule is Cc1c(N)nc(C(C)C)nc1-n1ccc(C(=O)N(C)C)n1. The van der Waals surface area contributed by atoms with E-state index in [1.54, 1.807) is 31.0 Å². The molecule has 0 aliphatic rings. The fourth-order valence-corrected chi connectivity index (χ4v) is 1.81. The van der Waals surface area contributed by atoms with E-state index in [9.17, 15) is 4.79 Å². The highest BCUT2D eigenvalue weighted by Gasteiger charge is 2.16. The molecule has 21 heavy (non-hydrogen) atoms. The minimum atomic E-state index is -0.155. The van der Waals surface area contributed by atoms with Gasteiger partial charge in [-0.25, -0.2) is 14.6 Å². The van der Waals surface area contributed by atoms with E-state index < -0.39 is 0 Å². The Bertz CT molecular complexity index is 674. The molecule has 2 heterocycles. The maximum Gasteiger partial charge on any atom is 0.273 e. The van der Waals surface area contributed by atoms with Crippen LogP contribution in [0.4, 0.5) is 5.82 Å². The predicted octanol–water partition coefficient (Wildman–Crippen LogP) is 1.38. The molecule has 0 fully saturated rings. The van der Waals surface area contributed by atoms with Crippen molar-refractivity contribution in [2.45, 2.75) is 26.7 Å². The van der Waals surface area contributed by atoms with Gasteiger partial charge in [0.25, 0.3) is 5.91 Å². The molecule has 0 aromatic carbocycles. The highest BCUT2D eigenvalue weighted by Crippen LogP contribution is 2.20.